The maximum atomic E-state index is 13.2. The van der Waals surface area contributed by atoms with Crippen LogP contribution in [0.2, 0.25) is 5.02 Å². The van der Waals surface area contributed by atoms with E-state index < -0.39 is 5.60 Å². The molecule has 2 aromatic rings. The van der Waals surface area contributed by atoms with Crippen molar-refractivity contribution in [2.75, 3.05) is 39.4 Å². The van der Waals surface area contributed by atoms with Crippen molar-refractivity contribution in [2.45, 2.75) is 57.7 Å². The zero-order chi connectivity index (χ0) is 23.1. The van der Waals surface area contributed by atoms with E-state index in [1.54, 1.807) is 0 Å². The summed E-state index contributed by atoms with van der Waals surface area (Å²) in [5.41, 5.74) is 0.492. The van der Waals surface area contributed by atoms with E-state index in [0.717, 1.165) is 57.7 Å². The number of hydrogen-bond acceptors (Lipinski definition) is 5. The monoisotopic (exact) mass is 474 g/mol. The van der Waals surface area contributed by atoms with E-state index in [-0.39, 0.29) is 5.91 Å². The highest BCUT2D eigenvalue weighted by Gasteiger charge is 2.41. The van der Waals surface area contributed by atoms with E-state index in [1.165, 1.54) is 12.0 Å². The summed E-state index contributed by atoms with van der Waals surface area (Å²) in [4.78, 5) is 17.6. The van der Waals surface area contributed by atoms with Crippen molar-refractivity contribution in [1.29, 1.82) is 0 Å². The minimum Gasteiger partial charge on any atom is -0.491 e. The van der Waals surface area contributed by atoms with E-state index in [2.05, 4.69) is 23.1 Å². The largest absolute Gasteiger partial charge is 0.491 e. The summed E-state index contributed by atoms with van der Waals surface area (Å²) in [6, 6.07) is 7.32. The minimum absolute atomic E-state index is 0.159. The smallest absolute Gasteiger partial charge is 0.225 e. The minimum atomic E-state index is -0.689. The van der Waals surface area contributed by atoms with Crippen LogP contribution in [0.5, 0.6) is 5.75 Å². The fourth-order valence-corrected chi connectivity index (χ4v) is 4.80. The van der Waals surface area contributed by atoms with E-state index in [9.17, 15) is 4.79 Å². The van der Waals surface area contributed by atoms with Crippen LogP contribution in [-0.4, -0.2) is 70.5 Å². The number of carbonyl (C=O) groups excluding carboxylic acids is 1. The molecule has 0 saturated carbocycles. The fourth-order valence-electron chi connectivity index (χ4n) is 4.68. The molecule has 1 amide bonds. The maximum absolute atomic E-state index is 13.2. The Balaban J connectivity index is 1.46. The van der Waals surface area contributed by atoms with Crippen molar-refractivity contribution in [1.82, 2.24) is 19.6 Å². The highest BCUT2D eigenvalue weighted by atomic mass is 35.5. The molecule has 1 aromatic heterocycles. The number of likely N-dealkylation sites (tertiary alicyclic amines) is 1. The predicted molar refractivity (Wildman–Crippen MR) is 128 cm³/mol. The van der Waals surface area contributed by atoms with E-state index >= 15 is 0 Å². The van der Waals surface area contributed by atoms with Crippen LogP contribution in [-0.2, 0) is 22.6 Å². The van der Waals surface area contributed by atoms with Gasteiger partial charge in [-0.3, -0.25) is 14.4 Å². The molecular formula is C25H35ClN4O3. The normalized spacial score (nSPS) is 21.8. The Kier molecular flexibility index (Phi) is 8.28. The molecule has 0 unspecified atom stereocenters. The van der Waals surface area contributed by atoms with Crippen LogP contribution in [0.3, 0.4) is 0 Å². The van der Waals surface area contributed by atoms with Gasteiger partial charge < -0.3 is 14.4 Å². The average molecular weight is 475 g/mol. The molecule has 33 heavy (non-hydrogen) atoms. The number of ether oxygens (including phenoxy) is 2. The number of halogens is 1. The van der Waals surface area contributed by atoms with Gasteiger partial charge in [-0.2, -0.15) is 5.10 Å². The van der Waals surface area contributed by atoms with Crippen molar-refractivity contribution in [2.24, 2.45) is 0 Å². The summed E-state index contributed by atoms with van der Waals surface area (Å²) in [7, 11) is 0. The third-order valence-electron chi connectivity index (χ3n) is 6.37. The topological polar surface area (TPSA) is 59.8 Å². The first-order valence-electron chi connectivity index (χ1n) is 12.1. The molecule has 2 saturated heterocycles. The highest BCUT2D eigenvalue weighted by Crippen LogP contribution is 2.27. The summed E-state index contributed by atoms with van der Waals surface area (Å²) < 4.78 is 14.4. The molecule has 2 aliphatic rings. The summed E-state index contributed by atoms with van der Waals surface area (Å²) in [5, 5.41) is 5.13. The third-order valence-corrected chi connectivity index (χ3v) is 6.62. The summed E-state index contributed by atoms with van der Waals surface area (Å²) in [6.07, 6.45) is 8.79. The molecule has 0 spiro atoms. The van der Waals surface area contributed by atoms with Crippen LogP contribution in [0.15, 0.2) is 36.7 Å². The summed E-state index contributed by atoms with van der Waals surface area (Å²) in [6.45, 7) is 7.89. The molecule has 180 valence electrons. The van der Waals surface area contributed by atoms with Gasteiger partial charge in [-0.05, 0) is 49.9 Å². The van der Waals surface area contributed by atoms with Gasteiger partial charge in [-0.25, -0.2) is 0 Å². The fraction of sp³-hybridized carbons (Fsp3) is 0.600. The lowest BCUT2D eigenvalue weighted by atomic mass is 9.96. The van der Waals surface area contributed by atoms with Crippen LogP contribution >= 0.6 is 11.6 Å². The molecule has 0 radical (unpaired) electrons. The van der Waals surface area contributed by atoms with Gasteiger partial charge in [0.2, 0.25) is 5.91 Å². The van der Waals surface area contributed by atoms with Crippen molar-refractivity contribution < 1.29 is 14.3 Å². The molecule has 1 atom stereocenters. The number of nitrogens with zero attached hydrogens (tertiary/aromatic N) is 4. The van der Waals surface area contributed by atoms with E-state index in [1.807, 2.05) is 40.0 Å². The van der Waals surface area contributed by atoms with Crippen LogP contribution in [0.4, 0.5) is 0 Å². The van der Waals surface area contributed by atoms with Gasteiger partial charge in [0.05, 0.1) is 19.2 Å². The lowest BCUT2D eigenvalue weighted by Gasteiger charge is -2.43. The first kappa shape index (κ1) is 24.0. The van der Waals surface area contributed by atoms with Crippen LogP contribution in [0.25, 0.3) is 0 Å². The zero-order valence-corrected chi connectivity index (χ0v) is 20.3. The van der Waals surface area contributed by atoms with Gasteiger partial charge in [0.1, 0.15) is 18.0 Å². The zero-order valence-electron chi connectivity index (χ0n) is 19.5. The lowest BCUT2D eigenvalue weighted by Crippen LogP contribution is -2.57. The molecule has 4 rings (SSSR count). The first-order valence-corrected chi connectivity index (χ1v) is 12.5. The van der Waals surface area contributed by atoms with Crippen molar-refractivity contribution >= 4 is 17.5 Å². The molecule has 8 heteroatoms. The highest BCUT2D eigenvalue weighted by molar-refractivity contribution is 6.30. The predicted octanol–water partition coefficient (Wildman–Crippen LogP) is 4.00. The Hall–Kier alpha value is -2.09. The molecule has 7 nitrogen and oxygen atoms in total. The van der Waals surface area contributed by atoms with Gasteiger partial charge in [-0.1, -0.05) is 18.5 Å². The molecule has 2 aliphatic heterocycles. The number of rotatable bonds is 9. The van der Waals surface area contributed by atoms with Crippen molar-refractivity contribution in [3.63, 3.8) is 0 Å². The SMILES string of the molecule is CCCn1cc(CN2CCO[C@@](COc3ccc(Cl)cc3)(CC(=O)N3CCCCC3)C2)cn1. The Morgan fingerprint density at radius 1 is 1.18 bits per heavy atom. The van der Waals surface area contributed by atoms with Crippen molar-refractivity contribution in [3.8, 4) is 5.75 Å². The number of aromatic nitrogens is 2. The number of hydrogen-bond donors (Lipinski definition) is 0. The quantitative estimate of drug-likeness (QED) is 0.549. The maximum Gasteiger partial charge on any atom is 0.225 e. The molecule has 0 N–H and O–H groups in total. The number of piperidine rings is 1. The van der Waals surface area contributed by atoms with Gasteiger partial charge in [0, 0.05) is 56.1 Å². The Labute approximate surface area is 201 Å². The van der Waals surface area contributed by atoms with Gasteiger partial charge in [-0.15, -0.1) is 0 Å². The third kappa shape index (κ3) is 6.71. The molecule has 1 aromatic carbocycles. The number of benzene rings is 1. The lowest BCUT2D eigenvalue weighted by molar-refractivity contribution is -0.157. The van der Waals surface area contributed by atoms with Gasteiger partial charge >= 0.3 is 0 Å². The number of morpholine rings is 1. The van der Waals surface area contributed by atoms with Gasteiger partial charge in [0.25, 0.3) is 0 Å². The summed E-state index contributed by atoms with van der Waals surface area (Å²) >= 11 is 6.02. The van der Waals surface area contributed by atoms with Crippen LogP contribution in [0, 0.1) is 0 Å². The Morgan fingerprint density at radius 2 is 1.97 bits per heavy atom. The number of aryl methyl sites for hydroxylation is 1. The molecule has 3 heterocycles. The average Bonchev–Trinajstić information content (AvgIpc) is 3.26. The summed E-state index contributed by atoms with van der Waals surface area (Å²) in [5.74, 6) is 0.887. The van der Waals surface area contributed by atoms with Crippen LogP contribution < -0.4 is 4.74 Å². The second kappa shape index (κ2) is 11.4. The molecule has 0 bridgehead atoms. The molecular weight excluding hydrogens is 440 g/mol. The number of amides is 1. The standard InChI is InChI=1S/C25H35ClN4O3/c1-2-10-30-18-21(16-27-30)17-28-13-14-33-25(19-28,15-24(31)29-11-4-3-5-12-29)20-32-23-8-6-22(26)7-9-23/h6-9,16,18H,2-5,10-15,17,19-20H2,1H3/t25-/m0/s1. The Bertz CT molecular complexity index is 897. The molecule has 2 fully saturated rings. The molecule has 0 aliphatic carbocycles. The Morgan fingerprint density at radius 3 is 2.73 bits per heavy atom. The number of carbonyl (C=O) groups is 1. The first-order chi connectivity index (χ1) is 16.0. The second-order valence-electron chi connectivity index (χ2n) is 9.21. The van der Waals surface area contributed by atoms with Crippen LogP contribution in [0.1, 0.15) is 44.6 Å². The van der Waals surface area contributed by atoms with Crippen molar-refractivity contribution in [3.05, 3.63) is 47.2 Å². The van der Waals surface area contributed by atoms with Gasteiger partial charge in [0.15, 0.2) is 0 Å². The second-order valence-corrected chi connectivity index (χ2v) is 9.65. The van der Waals surface area contributed by atoms with E-state index in [0.29, 0.717) is 31.2 Å². The van der Waals surface area contributed by atoms with E-state index in [4.69, 9.17) is 21.1 Å².